The maximum Gasteiger partial charge on any atom is 0.0562 e. The minimum atomic E-state index is 1.15. The Morgan fingerprint density at radius 3 is 1.62 bits per heavy atom. The highest BCUT2D eigenvalue weighted by Crippen LogP contribution is 2.42. The van der Waals surface area contributed by atoms with Crippen molar-refractivity contribution in [3.8, 4) is 33.6 Å². The minimum Gasteiger partial charge on any atom is -0.309 e. The maximum atomic E-state index is 2.43. The van der Waals surface area contributed by atoms with E-state index < -0.39 is 0 Å². The summed E-state index contributed by atoms with van der Waals surface area (Å²) >= 11 is 0. The third kappa shape index (κ3) is 4.00. The summed E-state index contributed by atoms with van der Waals surface area (Å²) in [5.41, 5.74) is 12.1. The summed E-state index contributed by atoms with van der Waals surface area (Å²) in [4.78, 5) is 0. The van der Waals surface area contributed by atoms with E-state index in [2.05, 4.69) is 191 Å². The number of hydrogen-bond donors (Lipinski definition) is 0. The number of hydrogen-bond acceptors (Lipinski definition) is 0. The second-order valence-electron chi connectivity index (χ2n) is 12.5. The van der Waals surface area contributed by atoms with Gasteiger partial charge in [-0.15, -0.1) is 0 Å². The van der Waals surface area contributed by atoms with Crippen molar-refractivity contribution in [2.75, 3.05) is 0 Å². The monoisotopic (exact) mass is 610 g/mol. The number of rotatable bonds is 4. The van der Waals surface area contributed by atoms with Gasteiger partial charge in [0.25, 0.3) is 0 Å². The van der Waals surface area contributed by atoms with Crippen molar-refractivity contribution < 1.29 is 0 Å². The fourth-order valence-corrected chi connectivity index (χ4v) is 7.78. The molecule has 0 radical (unpaired) electrons. The number of para-hydroxylation sites is 2. The second-order valence-corrected chi connectivity index (χ2v) is 12.5. The molecule has 0 aliphatic rings. The molecule has 10 rings (SSSR count). The van der Waals surface area contributed by atoms with Gasteiger partial charge in [0.1, 0.15) is 0 Å². The molecule has 0 aliphatic carbocycles. The number of aromatic nitrogens is 2. The smallest absolute Gasteiger partial charge is 0.0562 e. The lowest BCUT2D eigenvalue weighted by molar-refractivity contribution is 1.16. The largest absolute Gasteiger partial charge is 0.309 e. The van der Waals surface area contributed by atoms with Crippen molar-refractivity contribution in [2.45, 2.75) is 0 Å². The Bertz CT molecular complexity index is 2800. The van der Waals surface area contributed by atoms with Gasteiger partial charge in [-0.05, 0) is 81.6 Å². The summed E-state index contributed by atoms with van der Waals surface area (Å²) in [7, 11) is 0. The van der Waals surface area contributed by atoms with Crippen LogP contribution in [0.25, 0.3) is 88.0 Å². The Morgan fingerprint density at radius 1 is 0.292 bits per heavy atom. The van der Waals surface area contributed by atoms with Crippen LogP contribution in [-0.2, 0) is 0 Å². The van der Waals surface area contributed by atoms with Crippen molar-refractivity contribution >= 4 is 54.4 Å². The molecule has 0 saturated heterocycles. The third-order valence-electron chi connectivity index (χ3n) is 9.91. The van der Waals surface area contributed by atoms with Crippen LogP contribution in [0.2, 0.25) is 0 Å². The van der Waals surface area contributed by atoms with E-state index in [1.54, 1.807) is 0 Å². The van der Waals surface area contributed by atoms with E-state index in [-0.39, 0.29) is 0 Å². The maximum absolute atomic E-state index is 2.43. The summed E-state index contributed by atoms with van der Waals surface area (Å²) in [6, 6.07) is 66.1. The molecular weight excluding hydrogens is 581 g/mol. The van der Waals surface area contributed by atoms with Gasteiger partial charge in [0, 0.05) is 32.9 Å². The standard InChI is InChI=1S/C46H30N2/c1-3-13-31(14-4-1)36-18-9-10-19-37(36)33-23-26-35(27-24-33)47-42-22-12-11-21-39(42)40-29-41-45(30-44(40)47)48(34-16-5-2-6-17-34)43-28-25-32-15-7-8-20-38(32)46(41)43/h1-30H. The third-order valence-corrected chi connectivity index (χ3v) is 9.91. The molecule has 224 valence electrons. The van der Waals surface area contributed by atoms with E-state index >= 15 is 0 Å². The van der Waals surface area contributed by atoms with Crippen molar-refractivity contribution in [1.82, 2.24) is 9.13 Å². The van der Waals surface area contributed by atoms with E-state index in [0.29, 0.717) is 0 Å². The lowest BCUT2D eigenvalue weighted by Crippen LogP contribution is -1.96. The van der Waals surface area contributed by atoms with Crippen LogP contribution in [0.15, 0.2) is 182 Å². The van der Waals surface area contributed by atoms with Crippen LogP contribution in [0.3, 0.4) is 0 Å². The topological polar surface area (TPSA) is 9.86 Å². The van der Waals surface area contributed by atoms with Crippen molar-refractivity contribution in [3.05, 3.63) is 182 Å². The Balaban J connectivity index is 1.24. The molecule has 8 aromatic carbocycles. The lowest BCUT2D eigenvalue weighted by atomic mass is 9.94. The van der Waals surface area contributed by atoms with Gasteiger partial charge < -0.3 is 9.13 Å². The predicted octanol–water partition coefficient (Wildman–Crippen LogP) is 12.4. The molecule has 0 saturated carbocycles. The van der Waals surface area contributed by atoms with Crippen LogP contribution >= 0.6 is 0 Å². The van der Waals surface area contributed by atoms with Crippen LogP contribution in [0.4, 0.5) is 0 Å². The normalized spacial score (nSPS) is 11.8. The van der Waals surface area contributed by atoms with Gasteiger partial charge in [-0.2, -0.15) is 0 Å². The molecule has 0 spiro atoms. The SMILES string of the molecule is c1ccc(-c2ccccc2-c2ccc(-n3c4ccccc4c4cc5c6c7ccccc7ccc6n(-c6ccccc6)c5cc43)cc2)cc1. The molecule has 0 bridgehead atoms. The number of benzene rings is 8. The van der Waals surface area contributed by atoms with Crippen LogP contribution in [0, 0.1) is 0 Å². The van der Waals surface area contributed by atoms with Crippen molar-refractivity contribution in [2.24, 2.45) is 0 Å². The molecule has 48 heavy (non-hydrogen) atoms. The summed E-state index contributed by atoms with van der Waals surface area (Å²) in [5.74, 6) is 0. The number of nitrogens with zero attached hydrogens (tertiary/aromatic N) is 2. The molecule has 0 unspecified atom stereocenters. The van der Waals surface area contributed by atoms with Gasteiger partial charge in [0.2, 0.25) is 0 Å². The summed E-state index contributed by atoms with van der Waals surface area (Å²) in [5, 5.41) is 7.63. The van der Waals surface area contributed by atoms with Gasteiger partial charge >= 0.3 is 0 Å². The van der Waals surface area contributed by atoms with Gasteiger partial charge in [-0.3, -0.25) is 0 Å². The molecule has 2 nitrogen and oxygen atoms in total. The van der Waals surface area contributed by atoms with Crippen LogP contribution in [0.1, 0.15) is 0 Å². The molecule has 0 aliphatic heterocycles. The van der Waals surface area contributed by atoms with E-state index in [1.807, 2.05) is 0 Å². The highest BCUT2D eigenvalue weighted by Gasteiger charge is 2.20. The van der Waals surface area contributed by atoms with Crippen LogP contribution < -0.4 is 0 Å². The molecule has 2 heterocycles. The average molecular weight is 611 g/mol. The van der Waals surface area contributed by atoms with E-state index in [1.165, 1.54) is 76.6 Å². The second kappa shape index (κ2) is 10.6. The fourth-order valence-electron chi connectivity index (χ4n) is 7.78. The molecule has 2 aromatic heterocycles. The first-order chi connectivity index (χ1) is 23.8. The van der Waals surface area contributed by atoms with Crippen molar-refractivity contribution in [3.63, 3.8) is 0 Å². The zero-order chi connectivity index (χ0) is 31.6. The van der Waals surface area contributed by atoms with E-state index in [9.17, 15) is 0 Å². The van der Waals surface area contributed by atoms with Gasteiger partial charge in [0.05, 0.1) is 22.1 Å². The summed E-state index contributed by atoms with van der Waals surface area (Å²) < 4.78 is 4.87. The molecule has 0 atom stereocenters. The van der Waals surface area contributed by atoms with Gasteiger partial charge in [-0.1, -0.05) is 133 Å². The fraction of sp³-hybridized carbons (Fsp3) is 0. The average Bonchev–Trinajstić information content (AvgIpc) is 3.67. The lowest BCUT2D eigenvalue weighted by Gasteiger charge is -2.13. The Labute approximate surface area is 278 Å². The molecule has 0 amide bonds. The van der Waals surface area contributed by atoms with Crippen LogP contribution in [-0.4, -0.2) is 9.13 Å². The minimum absolute atomic E-state index is 1.15. The molecular formula is C46H30N2. The first kappa shape index (κ1) is 26.8. The molecule has 0 fully saturated rings. The van der Waals surface area contributed by atoms with Gasteiger partial charge in [0.15, 0.2) is 0 Å². The highest BCUT2D eigenvalue weighted by atomic mass is 15.0. The zero-order valence-electron chi connectivity index (χ0n) is 26.2. The van der Waals surface area contributed by atoms with Gasteiger partial charge in [-0.25, -0.2) is 0 Å². The molecule has 0 N–H and O–H groups in total. The van der Waals surface area contributed by atoms with E-state index in [0.717, 1.165) is 11.4 Å². The first-order valence-corrected chi connectivity index (χ1v) is 16.5. The summed E-state index contributed by atoms with van der Waals surface area (Å²) in [6.07, 6.45) is 0. The summed E-state index contributed by atoms with van der Waals surface area (Å²) in [6.45, 7) is 0. The zero-order valence-corrected chi connectivity index (χ0v) is 26.2. The Kier molecular flexibility index (Phi) is 5.91. The number of fused-ring (bicyclic) bond motifs is 8. The van der Waals surface area contributed by atoms with E-state index in [4.69, 9.17) is 0 Å². The molecule has 2 heteroatoms. The first-order valence-electron chi connectivity index (χ1n) is 16.5. The predicted molar refractivity (Wildman–Crippen MR) is 203 cm³/mol. The Hall–Kier alpha value is -6.38. The van der Waals surface area contributed by atoms with Crippen LogP contribution in [0.5, 0.6) is 0 Å². The highest BCUT2D eigenvalue weighted by molar-refractivity contribution is 6.25. The molecule has 10 aromatic rings. The van der Waals surface area contributed by atoms with Crippen molar-refractivity contribution in [1.29, 1.82) is 0 Å². The Morgan fingerprint density at radius 2 is 0.854 bits per heavy atom. The quantitative estimate of drug-likeness (QED) is 0.188.